The Morgan fingerprint density at radius 1 is 1.17 bits per heavy atom. The van der Waals surface area contributed by atoms with Crippen molar-refractivity contribution in [3.63, 3.8) is 0 Å². The van der Waals surface area contributed by atoms with Crippen LogP contribution in [0.4, 0.5) is 10.1 Å². The SMILES string of the molecule is COCCN(CCOC)c1c(F)cccc1CN. The van der Waals surface area contributed by atoms with Gasteiger partial charge in [0.15, 0.2) is 0 Å². The first-order chi connectivity index (χ1) is 8.74. The summed E-state index contributed by atoms with van der Waals surface area (Å²) in [4.78, 5) is 1.91. The van der Waals surface area contributed by atoms with Crippen molar-refractivity contribution in [1.82, 2.24) is 0 Å². The second-order valence-corrected chi connectivity index (χ2v) is 3.92. The molecule has 4 nitrogen and oxygen atoms in total. The maximum Gasteiger partial charge on any atom is 0.146 e. The molecule has 0 aliphatic carbocycles. The summed E-state index contributed by atoms with van der Waals surface area (Å²) >= 11 is 0. The van der Waals surface area contributed by atoms with Gasteiger partial charge in [-0.2, -0.15) is 0 Å². The summed E-state index contributed by atoms with van der Waals surface area (Å²) in [7, 11) is 3.25. The number of para-hydroxylation sites is 1. The van der Waals surface area contributed by atoms with Crippen molar-refractivity contribution in [1.29, 1.82) is 0 Å². The highest BCUT2D eigenvalue weighted by Crippen LogP contribution is 2.24. The van der Waals surface area contributed by atoms with Gasteiger partial charge in [0.1, 0.15) is 5.82 Å². The van der Waals surface area contributed by atoms with Crippen molar-refractivity contribution < 1.29 is 13.9 Å². The van der Waals surface area contributed by atoms with Crippen molar-refractivity contribution in [3.05, 3.63) is 29.6 Å². The molecular weight excluding hydrogens is 235 g/mol. The van der Waals surface area contributed by atoms with E-state index in [9.17, 15) is 4.39 Å². The minimum atomic E-state index is -0.259. The monoisotopic (exact) mass is 256 g/mol. The standard InChI is InChI=1S/C13H21FN2O2/c1-17-8-6-16(7-9-18-2)13-11(10-15)4-3-5-12(13)14/h3-5H,6-10,15H2,1-2H3. The smallest absolute Gasteiger partial charge is 0.146 e. The first-order valence-electron chi connectivity index (χ1n) is 5.94. The van der Waals surface area contributed by atoms with Crippen LogP contribution in [0.1, 0.15) is 5.56 Å². The average Bonchev–Trinajstić information content (AvgIpc) is 2.39. The maximum atomic E-state index is 14.0. The number of ether oxygens (including phenoxy) is 2. The third kappa shape index (κ3) is 3.94. The van der Waals surface area contributed by atoms with E-state index >= 15 is 0 Å². The van der Waals surface area contributed by atoms with Crippen LogP contribution in [0, 0.1) is 5.82 Å². The lowest BCUT2D eigenvalue weighted by molar-refractivity contribution is 0.190. The zero-order chi connectivity index (χ0) is 13.4. The Hall–Kier alpha value is -1.17. The molecule has 0 aliphatic heterocycles. The number of rotatable bonds is 8. The lowest BCUT2D eigenvalue weighted by atomic mass is 10.1. The summed E-state index contributed by atoms with van der Waals surface area (Å²) in [5, 5.41) is 0. The quantitative estimate of drug-likeness (QED) is 0.763. The number of benzene rings is 1. The molecule has 2 N–H and O–H groups in total. The summed E-state index contributed by atoms with van der Waals surface area (Å²) in [5.74, 6) is -0.259. The van der Waals surface area contributed by atoms with Gasteiger partial charge < -0.3 is 20.1 Å². The van der Waals surface area contributed by atoms with Crippen LogP contribution in [0.5, 0.6) is 0 Å². The Kier molecular flexibility index (Phi) is 6.64. The molecule has 0 atom stereocenters. The summed E-state index contributed by atoms with van der Waals surface area (Å²) in [5.41, 5.74) is 7.00. The second kappa shape index (κ2) is 8.02. The third-order valence-electron chi connectivity index (χ3n) is 2.74. The molecule has 0 heterocycles. The molecule has 0 spiro atoms. The van der Waals surface area contributed by atoms with Gasteiger partial charge >= 0.3 is 0 Å². The lowest BCUT2D eigenvalue weighted by Gasteiger charge is -2.26. The van der Waals surface area contributed by atoms with Crippen LogP contribution in [-0.2, 0) is 16.0 Å². The number of halogens is 1. The first kappa shape index (κ1) is 14.9. The molecule has 18 heavy (non-hydrogen) atoms. The van der Waals surface area contributed by atoms with Crippen molar-refractivity contribution >= 4 is 5.69 Å². The summed E-state index contributed by atoms with van der Waals surface area (Å²) in [6.45, 7) is 2.58. The van der Waals surface area contributed by atoms with Crippen LogP contribution in [0.25, 0.3) is 0 Å². The fourth-order valence-corrected chi connectivity index (χ4v) is 1.82. The van der Waals surface area contributed by atoms with Crippen LogP contribution in [0.15, 0.2) is 18.2 Å². The fraction of sp³-hybridized carbons (Fsp3) is 0.538. The van der Waals surface area contributed by atoms with Gasteiger partial charge in [-0.3, -0.25) is 0 Å². The fourth-order valence-electron chi connectivity index (χ4n) is 1.82. The molecule has 0 amide bonds. The number of nitrogens with two attached hydrogens (primary N) is 1. The van der Waals surface area contributed by atoms with Crippen LogP contribution in [0.3, 0.4) is 0 Å². The molecule has 0 aliphatic rings. The highest BCUT2D eigenvalue weighted by atomic mass is 19.1. The first-order valence-corrected chi connectivity index (χ1v) is 5.94. The van der Waals surface area contributed by atoms with Crippen LogP contribution >= 0.6 is 0 Å². The van der Waals surface area contributed by atoms with E-state index in [2.05, 4.69) is 0 Å². The van der Waals surface area contributed by atoms with Gasteiger partial charge in [0, 0.05) is 33.9 Å². The topological polar surface area (TPSA) is 47.7 Å². The molecule has 0 fully saturated rings. The van der Waals surface area contributed by atoms with Gasteiger partial charge in [-0.15, -0.1) is 0 Å². The highest BCUT2D eigenvalue weighted by Gasteiger charge is 2.15. The zero-order valence-electron chi connectivity index (χ0n) is 11.0. The van der Waals surface area contributed by atoms with Crippen LogP contribution in [-0.4, -0.2) is 40.5 Å². The molecule has 0 saturated carbocycles. The minimum Gasteiger partial charge on any atom is -0.383 e. The van der Waals surface area contributed by atoms with Gasteiger partial charge in [-0.05, 0) is 11.6 Å². The van der Waals surface area contributed by atoms with Crippen molar-refractivity contribution in [2.75, 3.05) is 45.4 Å². The number of nitrogens with zero attached hydrogens (tertiary/aromatic N) is 1. The molecule has 1 aromatic rings. The van der Waals surface area contributed by atoms with Crippen LogP contribution in [0.2, 0.25) is 0 Å². The normalized spacial score (nSPS) is 10.7. The van der Waals surface area contributed by atoms with E-state index in [4.69, 9.17) is 15.2 Å². The number of methoxy groups -OCH3 is 2. The maximum absolute atomic E-state index is 14.0. The molecule has 0 aromatic heterocycles. The van der Waals surface area contributed by atoms with E-state index in [0.29, 0.717) is 38.5 Å². The summed E-state index contributed by atoms with van der Waals surface area (Å²) in [6, 6.07) is 4.96. The molecule has 0 bridgehead atoms. The minimum absolute atomic E-state index is 0.259. The highest BCUT2D eigenvalue weighted by molar-refractivity contribution is 5.55. The second-order valence-electron chi connectivity index (χ2n) is 3.92. The van der Waals surface area contributed by atoms with E-state index < -0.39 is 0 Å². The van der Waals surface area contributed by atoms with Crippen LogP contribution < -0.4 is 10.6 Å². The van der Waals surface area contributed by atoms with E-state index in [0.717, 1.165) is 5.56 Å². The molecule has 0 unspecified atom stereocenters. The van der Waals surface area contributed by atoms with Crippen molar-refractivity contribution in [2.45, 2.75) is 6.54 Å². The van der Waals surface area contributed by atoms with Gasteiger partial charge in [0.05, 0.1) is 18.9 Å². The van der Waals surface area contributed by atoms with Gasteiger partial charge in [-0.1, -0.05) is 12.1 Å². The Morgan fingerprint density at radius 2 is 1.78 bits per heavy atom. The average molecular weight is 256 g/mol. The number of anilines is 1. The largest absolute Gasteiger partial charge is 0.383 e. The lowest BCUT2D eigenvalue weighted by Crippen LogP contribution is -2.32. The van der Waals surface area contributed by atoms with Crippen molar-refractivity contribution in [3.8, 4) is 0 Å². The predicted octanol–water partition coefficient (Wildman–Crippen LogP) is 1.38. The summed E-state index contributed by atoms with van der Waals surface area (Å²) < 4.78 is 24.1. The number of hydrogen-bond donors (Lipinski definition) is 1. The van der Waals surface area contributed by atoms with Gasteiger partial charge in [-0.25, -0.2) is 4.39 Å². The molecule has 102 valence electrons. The molecular formula is C13H21FN2O2. The Labute approximate surface area is 107 Å². The molecule has 1 aromatic carbocycles. The Balaban J connectivity index is 2.94. The van der Waals surface area contributed by atoms with E-state index in [1.54, 1.807) is 20.3 Å². The van der Waals surface area contributed by atoms with Crippen molar-refractivity contribution in [2.24, 2.45) is 5.73 Å². The molecule has 5 heteroatoms. The molecule has 1 rings (SSSR count). The molecule has 0 saturated heterocycles. The van der Waals surface area contributed by atoms with E-state index in [-0.39, 0.29) is 5.82 Å². The van der Waals surface area contributed by atoms with Gasteiger partial charge in [0.25, 0.3) is 0 Å². The zero-order valence-corrected chi connectivity index (χ0v) is 11.0. The third-order valence-corrected chi connectivity index (χ3v) is 2.74. The predicted molar refractivity (Wildman–Crippen MR) is 70.3 cm³/mol. The summed E-state index contributed by atoms with van der Waals surface area (Å²) in [6.07, 6.45) is 0. The Morgan fingerprint density at radius 3 is 2.28 bits per heavy atom. The van der Waals surface area contributed by atoms with E-state index in [1.165, 1.54) is 6.07 Å². The Bertz CT molecular complexity index is 353. The van der Waals surface area contributed by atoms with E-state index in [1.807, 2.05) is 11.0 Å². The molecule has 0 radical (unpaired) electrons. The number of hydrogen-bond acceptors (Lipinski definition) is 4. The van der Waals surface area contributed by atoms with Gasteiger partial charge in [0.2, 0.25) is 0 Å².